The minimum absolute atomic E-state index is 0.0342. The molecule has 6 heteroatoms. The van der Waals surface area contributed by atoms with Crippen molar-refractivity contribution in [2.75, 3.05) is 13.1 Å². The summed E-state index contributed by atoms with van der Waals surface area (Å²) in [5, 5.41) is 9.05. The summed E-state index contributed by atoms with van der Waals surface area (Å²) in [5.74, 6) is -2.21. The molecule has 1 aliphatic heterocycles. The van der Waals surface area contributed by atoms with Gasteiger partial charge >= 0.3 is 12.1 Å². The molecule has 0 aromatic heterocycles. The van der Waals surface area contributed by atoms with Crippen LogP contribution < -0.4 is 0 Å². The van der Waals surface area contributed by atoms with Crippen LogP contribution >= 0.6 is 0 Å². The molecule has 0 saturated carbocycles. The molecule has 0 bridgehead atoms. The minimum Gasteiger partial charge on any atom is -0.481 e. The number of rotatable bonds is 4. The highest BCUT2D eigenvalue weighted by molar-refractivity contribution is 5.68. The first kappa shape index (κ1) is 15.8. The van der Waals surface area contributed by atoms with Crippen LogP contribution in [0.4, 0.5) is 13.2 Å². The SMILES string of the molecule is O=C(O)CC(c1ccccc1)N1CCC(C(F)(F)F)CC1. The zero-order chi connectivity index (χ0) is 15.5. The summed E-state index contributed by atoms with van der Waals surface area (Å²) >= 11 is 0. The maximum absolute atomic E-state index is 12.7. The molecule has 0 spiro atoms. The van der Waals surface area contributed by atoms with E-state index in [-0.39, 0.29) is 38.4 Å². The summed E-state index contributed by atoms with van der Waals surface area (Å²) in [6.07, 6.45) is -4.18. The number of nitrogens with zero attached hydrogens (tertiary/aromatic N) is 1. The summed E-state index contributed by atoms with van der Waals surface area (Å²) < 4.78 is 38.1. The molecule has 1 aromatic rings. The lowest BCUT2D eigenvalue weighted by Crippen LogP contribution is -2.41. The highest BCUT2D eigenvalue weighted by atomic mass is 19.4. The maximum atomic E-state index is 12.7. The summed E-state index contributed by atoms with van der Waals surface area (Å²) in [5.41, 5.74) is 0.838. The lowest BCUT2D eigenvalue weighted by atomic mass is 9.93. The fourth-order valence-corrected chi connectivity index (χ4v) is 2.84. The van der Waals surface area contributed by atoms with Gasteiger partial charge in [0.15, 0.2) is 0 Å². The van der Waals surface area contributed by atoms with E-state index in [4.69, 9.17) is 5.11 Å². The van der Waals surface area contributed by atoms with E-state index in [2.05, 4.69) is 0 Å². The first-order valence-corrected chi connectivity index (χ1v) is 6.95. The molecule has 1 N–H and O–H groups in total. The van der Waals surface area contributed by atoms with Gasteiger partial charge in [-0.1, -0.05) is 30.3 Å². The van der Waals surface area contributed by atoms with Crippen LogP contribution in [0, 0.1) is 5.92 Å². The summed E-state index contributed by atoms with van der Waals surface area (Å²) in [7, 11) is 0. The fourth-order valence-electron chi connectivity index (χ4n) is 2.84. The first-order valence-electron chi connectivity index (χ1n) is 6.95. The van der Waals surface area contributed by atoms with Crippen LogP contribution in [0.5, 0.6) is 0 Å². The van der Waals surface area contributed by atoms with Gasteiger partial charge in [0.2, 0.25) is 0 Å². The van der Waals surface area contributed by atoms with Crippen molar-refractivity contribution in [1.82, 2.24) is 4.90 Å². The third-order valence-corrected chi connectivity index (χ3v) is 3.99. The molecule has 116 valence electrons. The molecule has 21 heavy (non-hydrogen) atoms. The number of carbonyl (C=O) groups is 1. The zero-order valence-corrected chi connectivity index (χ0v) is 11.5. The number of hydrogen-bond donors (Lipinski definition) is 1. The summed E-state index contributed by atoms with van der Waals surface area (Å²) in [6.45, 7) is 0.550. The summed E-state index contributed by atoms with van der Waals surface area (Å²) in [6, 6.07) is 8.74. The van der Waals surface area contributed by atoms with E-state index in [1.165, 1.54) is 0 Å². The van der Waals surface area contributed by atoms with Crippen LogP contribution in [-0.4, -0.2) is 35.2 Å². The van der Waals surface area contributed by atoms with Crippen LogP contribution in [-0.2, 0) is 4.79 Å². The standard InChI is InChI=1S/C15H18F3NO2/c16-15(17,18)12-6-8-19(9-7-12)13(10-14(20)21)11-4-2-1-3-5-11/h1-5,12-13H,6-10H2,(H,20,21). The average Bonchev–Trinajstić information content (AvgIpc) is 2.45. The van der Waals surface area contributed by atoms with E-state index in [1.54, 1.807) is 0 Å². The highest BCUT2D eigenvalue weighted by Crippen LogP contribution is 2.37. The Morgan fingerprint density at radius 3 is 2.29 bits per heavy atom. The van der Waals surface area contributed by atoms with Crippen molar-refractivity contribution in [3.8, 4) is 0 Å². The molecular formula is C15H18F3NO2. The van der Waals surface area contributed by atoms with Crippen LogP contribution in [0.25, 0.3) is 0 Å². The smallest absolute Gasteiger partial charge is 0.391 e. The molecule has 1 heterocycles. The van der Waals surface area contributed by atoms with Crippen molar-refractivity contribution in [2.24, 2.45) is 5.92 Å². The molecule has 1 saturated heterocycles. The van der Waals surface area contributed by atoms with Gasteiger partial charge in [-0.25, -0.2) is 0 Å². The van der Waals surface area contributed by atoms with Crippen molar-refractivity contribution < 1.29 is 23.1 Å². The monoisotopic (exact) mass is 301 g/mol. The molecule has 1 aromatic carbocycles. The fraction of sp³-hybridized carbons (Fsp3) is 0.533. The number of piperidine rings is 1. The van der Waals surface area contributed by atoms with Crippen molar-refractivity contribution in [3.05, 3.63) is 35.9 Å². The number of likely N-dealkylation sites (tertiary alicyclic amines) is 1. The lowest BCUT2D eigenvalue weighted by Gasteiger charge is -2.37. The Labute approximate surface area is 121 Å². The molecule has 1 atom stereocenters. The molecule has 1 aliphatic rings. The molecule has 3 nitrogen and oxygen atoms in total. The largest absolute Gasteiger partial charge is 0.481 e. The Morgan fingerprint density at radius 2 is 1.81 bits per heavy atom. The Morgan fingerprint density at radius 1 is 1.24 bits per heavy atom. The topological polar surface area (TPSA) is 40.5 Å². The zero-order valence-electron chi connectivity index (χ0n) is 11.5. The van der Waals surface area contributed by atoms with Crippen molar-refractivity contribution in [1.29, 1.82) is 0 Å². The summed E-state index contributed by atoms with van der Waals surface area (Å²) in [4.78, 5) is 12.9. The number of carboxylic acids is 1. The molecule has 2 rings (SSSR count). The van der Waals surface area contributed by atoms with E-state index in [1.807, 2.05) is 35.2 Å². The number of carboxylic acid groups (broad SMARTS) is 1. The van der Waals surface area contributed by atoms with Crippen LogP contribution in [0.15, 0.2) is 30.3 Å². The van der Waals surface area contributed by atoms with E-state index in [0.717, 1.165) is 5.56 Å². The van der Waals surface area contributed by atoms with E-state index in [9.17, 15) is 18.0 Å². The van der Waals surface area contributed by atoms with Gasteiger partial charge in [0, 0.05) is 6.04 Å². The molecule has 0 aliphatic carbocycles. The van der Waals surface area contributed by atoms with Gasteiger partial charge in [-0.2, -0.15) is 13.2 Å². The molecule has 1 unspecified atom stereocenters. The van der Waals surface area contributed by atoms with Gasteiger partial charge < -0.3 is 5.11 Å². The van der Waals surface area contributed by atoms with E-state index < -0.39 is 18.1 Å². The van der Waals surface area contributed by atoms with Crippen molar-refractivity contribution >= 4 is 5.97 Å². The van der Waals surface area contributed by atoms with Gasteiger partial charge in [0.05, 0.1) is 12.3 Å². The minimum atomic E-state index is -4.15. The van der Waals surface area contributed by atoms with Gasteiger partial charge in [-0.15, -0.1) is 0 Å². The molecule has 1 fully saturated rings. The predicted molar refractivity (Wildman–Crippen MR) is 71.8 cm³/mol. The Bertz CT molecular complexity index is 468. The second-order valence-electron chi connectivity index (χ2n) is 5.38. The van der Waals surface area contributed by atoms with Gasteiger partial charge in [-0.3, -0.25) is 9.69 Å². The number of halogens is 3. The van der Waals surface area contributed by atoms with E-state index >= 15 is 0 Å². The first-order chi connectivity index (χ1) is 9.88. The Hall–Kier alpha value is -1.56. The number of alkyl halides is 3. The third kappa shape index (κ3) is 4.20. The van der Waals surface area contributed by atoms with Crippen molar-refractivity contribution in [2.45, 2.75) is 31.5 Å². The Kier molecular flexibility index (Phi) is 4.88. The predicted octanol–water partition coefficient (Wildman–Crippen LogP) is 3.48. The van der Waals surface area contributed by atoms with Gasteiger partial charge in [0.1, 0.15) is 0 Å². The quantitative estimate of drug-likeness (QED) is 0.925. The second-order valence-corrected chi connectivity index (χ2v) is 5.38. The number of benzene rings is 1. The highest BCUT2D eigenvalue weighted by Gasteiger charge is 2.42. The second kappa shape index (κ2) is 6.47. The van der Waals surface area contributed by atoms with Crippen LogP contribution in [0.1, 0.15) is 30.9 Å². The normalized spacial score (nSPS) is 19.4. The lowest BCUT2D eigenvalue weighted by molar-refractivity contribution is -0.186. The molecule has 0 radical (unpaired) electrons. The van der Waals surface area contributed by atoms with Gasteiger partial charge in [-0.05, 0) is 31.5 Å². The van der Waals surface area contributed by atoms with E-state index in [0.29, 0.717) is 0 Å². The maximum Gasteiger partial charge on any atom is 0.391 e. The molecule has 0 amide bonds. The number of hydrogen-bond acceptors (Lipinski definition) is 2. The van der Waals surface area contributed by atoms with Crippen molar-refractivity contribution in [3.63, 3.8) is 0 Å². The van der Waals surface area contributed by atoms with Crippen LogP contribution in [0.2, 0.25) is 0 Å². The Balaban J connectivity index is 2.08. The average molecular weight is 301 g/mol. The van der Waals surface area contributed by atoms with Gasteiger partial charge in [0.25, 0.3) is 0 Å². The van der Waals surface area contributed by atoms with Crippen LogP contribution in [0.3, 0.4) is 0 Å². The molecular weight excluding hydrogens is 283 g/mol. The number of aliphatic carboxylic acids is 1. The third-order valence-electron chi connectivity index (χ3n) is 3.99.